The van der Waals surface area contributed by atoms with Crippen LogP contribution in [0.15, 0.2) is 24.3 Å². The van der Waals surface area contributed by atoms with Crippen molar-refractivity contribution in [1.82, 2.24) is 9.80 Å². The van der Waals surface area contributed by atoms with Gasteiger partial charge in [-0.1, -0.05) is 24.3 Å². The predicted octanol–water partition coefficient (Wildman–Crippen LogP) is 0.708. The summed E-state index contributed by atoms with van der Waals surface area (Å²) in [6.45, 7) is 2.18. The van der Waals surface area contributed by atoms with Gasteiger partial charge in [0, 0.05) is 26.7 Å². The molecule has 4 nitrogen and oxygen atoms in total. The van der Waals surface area contributed by atoms with Crippen molar-refractivity contribution in [2.45, 2.75) is 13.0 Å². The van der Waals surface area contributed by atoms with Crippen LogP contribution in [0, 0.1) is 0 Å². The van der Waals surface area contributed by atoms with Crippen molar-refractivity contribution in [1.29, 1.82) is 0 Å². The van der Waals surface area contributed by atoms with Gasteiger partial charge in [0.15, 0.2) is 0 Å². The summed E-state index contributed by atoms with van der Waals surface area (Å²) in [5, 5.41) is 0. The number of likely N-dealkylation sites (N-methyl/N-ethyl adjacent to an activating group) is 2. The van der Waals surface area contributed by atoms with Crippen LogP contribution in [0.25, 0.3) is 0 Å². The Labute approximate surface area is 109 Å². The molecule has 0 atom stereocenters. The second kappa shape index (κ2) is 7.13. The topological polar surface area (TPSA) is 49.6 Å². The molecule has 1 aromatic carbocycles. The first-order chi connectivity index (χ1) is 8.52. The number of amides is 1. The molecule has 0 spiro atoms. The van der Waals surface area contributed by atoms with Crippen molar-refractivity contribution in [3.8, 4) is 0 Å². The number of hydrogen-bond donors (Lipinski definition) is 1. The van der Waals surface area contributed by atoms with Gasteiger partial charge in [-0.25, -0.2) is 0 Å². The highest BCUT2D eigenvalue weighted by molar-refractivity contribution is 5.78. The molecule has 1 aromatic rings. The van der Waals surface area contributed by atoms with Gasteiger partial charge in [0.1, 0.15) is 0 Å². The quantitative estimate of drug-likeness (QED) is 0.807. The zero-order valence-electron chi connectivity index (χ0n) is 11.5. The van der Waals surface area contributed by atoms with E-state index in [2.05, 4.69) is 4.90 Å². The Balaban J connectivity index is 2.47. The van der Waals surface area contributed by atoms with Crippen LogP contribution >= 0.6 is 0 Å². The first-order valence-electron chi connectivity index (χ1n) is 6.19. The average Bonchev–Trinajstić information content (AvgIpc) is 2.36. The molecule has 2 N–H and O–H groups in total. The molecule has 0 radical (unpaired) electrons. The third kappa shape index (κ3) is 4.85. The highest BCUT2D eigenvalue weighted by atomic mass is 16.2. The second-order valence-electron chi connectivity index (χ2n) is 4.82. The number of nitrogens with two attached hydrogens (primary N) is 1. The van der Waals surface area contributed by atoms with Crippen LogP contribution in [0.4, 0.5) is 0 Å². The van der Waals surface area contributed by atoms with E-state index in [-0.39, 0.29) is 5.91 Å². The van der Waals surface area contributed by atoms with Crippen LogP contribution in [0.2, 0.25) is 0 Å². The molecule has 0 saturated heterocycles. The first-order valence-corrected chi connectivity index (χ1v) is 6.19. The Morgan fingerprint density at radius 3 is 2.11 bits per heavy atom. The summed E-state index contributed by atoms with van der Waals surface area (Å²) in [5.41, 5.74) is 7.66. The summed E-state index contributed by atoms with van der Waals surface area (Å²) in [4.78, 5) is 15.8. The number of carbonyl (C=O) groups excluding carboxylic acids is 1. The molecule has 0 heterocycles. The summed E-state index contributed by atoms with van der Waals surface area (Å²) in [5.74, 6) is 0.150. The summed E-state index contributed by atoms with van der Waals surface area (Å²) >= 11 is 0. The molecule has 18 heavy (non-hydrogen) atoms. The van der Waals surface area contributed by atoms with Gasteiger partial charge < -0.3 is 15.5 Å². The van der Waals surface area contributed by atoms with E-state index in [4.69, 9.17) is 5.73 Å². The molecule has 0 aromatic heterocycles. The van der Waals surface area contributed by atoms with Crippen LogP contribution in [-0.4, -0.2) is 49.9 Å². The van der Waals surface area contributed by atoms with Gasteiger partial charge in [-0.05, 0) is 25.2 Å². The molecule has 0 aliphatic rings. The number of hydrogen-bond acceptors (Lipinski definition) is 3. The van der Waals surface area contributed by atoms with Gasteiger partial charge >= 0.3 is 0 Å². The molecule has 0 aliphatic carbocycles. The molecule has 1 rings (SSSR count). The van der Waals surface area contributed by atoms with E-state index in [1.807, 2.05) is 45.4 Å². The van der Waals surface area contributed by atoms with Crippen molar-refractivity contribution in [3.05, 3.63) is 35.4 Å². The van der Waals surface area contributed by atoms with E-state index in [0.717, 1.165) is 24.2 Å². The van der Waals surface area contributed by atoms with Crippen molar-refractivity contribution in [2.24, 2.45) is 5.73 Å². The maximum absolute atomic E-state index is 12.0. The minimum absolute atomic E-state index is 0.150. The molecule has 0 fully saturated rings. The summed E-state index contributed by atoms with van der Waals surface area (Å²) in [7, 11) is 5.85. The first kappa shape index (κ1) is 14.7. The number of benzene rings is 1. The summed E-state index contributed by atoms with van der Waals surface area (Å²) < 4.78 is 0. The lowest BCUT2D eigenvalue weighted by Gasteiger charge is -2.19. The van der Waals surface area contributed by atoms with E-state index in [1.165, 1.54) is 0 Å². The Morgan fingerprint density at radius 2 is 1.61 bits per heavy atom. The predicted molar refractivity (Wildman–Crippen MR) is 74.2 cm³/mol. The van der Waals surface area contributed by atoms with Gasteiger partial charge in [0.05, 0.1) is 6.42 Å². The highest BCUT2D eigenvalue weighted by Crippen LogP contribution is 2.06. The van der Waals surface area contributed by atoms with Crippen LogP contribution in [-0.2, 0) is 17.8 Å². The SMILES string of the molecule is CN(C)CCN(C)C(=O)Cc1ccc(CN)cc1. The average molecular weight is 249 g/mol. The van der Waals surface area contributed by atoms with E-state index in [1.54, 1.807) is 4.90 Å². The number of rotatable bonds is 6. The molecular weight excluding hydrogens is 226 g/mol. The third-order valence-corrected chi connectivity index (χ3v) is 2.92. The minimum Gasteiger partial charge on any atom is -0.344 e. The summed E-state index contributed by atoms with van der Waals surface area (Å²) in [6.07, 6.45) is 0.453. The third-order valence-electron chi connectivity index (χ3n) is 2.92. The molecule has 1 amide bonds. The van der Waals surface area contributed by atoms with Gasteiger partial charge in [-0.15, -0.1) is 0 Å². The van der Waals surface area contributed by atoms with E-state index in [0.29, 0.717) is 13.0 Å². The fourth-order valence-electron chi connectivity index (χ4n) is 1.58. The van der Waals surface area contributed by atoms with Gasteiger partial charge in [-0.2, -0.15) is 0 Å². The van der Waals surface area contributed by atoms with Gasteiger partial charge in [0.25, 0.3) is 0 Å². The smallest absolute Gasteiger partial charge is 0.226 e. The highest BCUT2D eigenvalue weighted by Gasteiger charge is 2.09. The minimum atomic E-state index is 0.150. The Bertz CT molecular complexity index is 373. The normalized spacial score (nSPS) is 10.7. The standard InChI is InChI=1S/C14H23N3O/c1-16(2)8-9-17(3)14(18)10-12-4-6-13(11-15)7-5-12/h4-7H,8-11,15H2,1-3H3. The maximum Gasteiger partial charge on any atom is 0.226 e. The zero-order chi connectivity index (χ0) is 13.5. The van der Waals surface area contributed by atoms with Crippen LogP contribution < -0.4 is 5.73 Å². The molecular formula is C14H23N3O. The van der Waals surface area contributed by atoms with Crippen molar-refractivity contribution in [3.63, 3.8) is 0 Å². The van der Waals surface area contributed by atoms with Crippen molar-refractivity contribution >= 4 is 5.91 Å². The molecule has 100 valence electrons. The lowest BCUT2D eigenvalue weighted by molar-refractivity contribution is -0.129. The molecule has 4 heteroatoms. The van der Waals surface area contributed by atoms with Crippen LogP contribution in [0.5, 0.6) is 0 Å². The molecule has 0 bridgehead atoms. The summed E-state index contributed by atoms with van der Waals surface area (Å²) in [6, 6.07) is 7.89. The van der Waals surface area contributed by atoms with E-state index < -0.39 is 0 Å². The van der Waals surface area contributed by atoms with Crippen LogP contribution in [0.1, 0.15) is 11.1 Å². The molecule has 0 unspecified atom stereocenters. The largest absolute Gasteiger partial charge is 0.344 e. The maximum atomic E-state index is 12.0. The zero-order valence-corrected chi connectivity index (χ0v) is 11.5. The Hall–Kier alpha value is -1.39. The lowest BCUT2D eigenvalue weighted by atomic mass is 10.1. The molecule has 0 aliphatic heterocycles. The number of nitrogens with zero attached hydrogens (tertiary/aromatic N) is 2. The van der Waals surface area contributed by atoms with Crippen LogP contribution in [0.3, 0.4) is 0 Å². The van der Waals surface area contributed by atoms with Crippen molar-refractivity contribution < 1.29 is 4.79 Å². The van der Waals surface area contributed by atoms with E-state index in [9.17, 15) is 4.79 Å². The van der Waals surface area contributed by atoms with Gasteiger partial charge in [-0.3, -0.25) is 4.79 Å². The second-order valence-corrected chi connectivity index (χ2v) is 4.82. The fraction of sp³-hybridized carbons (Fsp3) is 0.500. The van der Waals surface area contributed by atoms with Crippen molar-refractivity contribution in [2.75, 3.05) is 34.2 Å². The van der Waals surface area contributed by atoms with Gasteiger partial charge in [0.2, 0.25) is 5.91 Å². The Morgan fingerprint density at radius 1 is 1.06 bits per heavy atom. The monoisotopic (exact) mass is 249 g/mol. The Kier molecular flexibility index (Phi) is 5.82. The molecule has 0 saturated carbocycles. The lowest BCUT2D eigenvalue weighted by Crippen LogP contribution is -2.34. The van der Waals surface area contributed by atoms with E-state index >= 15 is 0 Å². The number of carbonyl (C=O) groups is 1. The fourth-order valence-corrected chi connectivity index (χ4v) is 1.58.